The van der Waals surface area contributed by atoms with E-state index in [1.54, 1.807) is 36.4 Å². The Morgan fingerprint density at radius 1 is 0.967 bits per heavy atom. The number of halogens is 2. The zero-order valence-electron chi connectivity index (χ0n) is 16.4. The smallest absolute Gasteiger partial charge is 0.248 e. The minimum atomic E-state index is -0.389. The van der Waals surface area contributed by atoms with E-state index in [1.807, 2.05) is 4.90 Å². The van der Waals surface area contributed by atoms with E-state index in [1.165, 1.54) is 36.8 Å². The summed E-state index contributed by atoms with van der Waals surface area (Å²) in [6.45, 7) is 1.71. The minimum Gasteiger partial charge on any atom is -0.457 e. The molecule has 2 heterocycles. The highest BCUT2D eigenvalue weighted by atomic mass is 19.1. The van der Waals surface area contributed by atoms with Gasteiger partial charge in [0.2, 0.25) is 5.91 Å². The number of carbonyl (C=O) groups is 1. The molecule has 1 saturated heterocycles. The molecule has 0 atom stereocenters. The minimum absolute atomic E-state index is 0.317. The maximum atomic E-state index is 14.5. The van der Waals surface area contributed by atoms with E-state index in [0.29, 0.717) is 22.9 Å². The molecule has 1 N–H and O–H groups in total. The van der Waals surface area contributed by atoms with Crippen molar-refractivity contribution < 1.29 is 18.0 Å². The molecule has 1 aliphatic heterocycles. The van der Waals surface area contributed by atoms with E-state index >= 15 is 0 Å². The second-order valence-electron chi connectivity index (χ2n) is 7.25. The first kappa shape index (κ1) is 19.9. The van der Waals surface area contributed by atoms with Crippen LogP contribution in [-0.2, 0) is 4.79 Å². The van der Waals surface area contributed by atoms with Crippen LogP contribution in [0.5, 0.6) is 0 Å². The Morgan fingerprint density at radius 3 is 2.47 bits per heavy atom. The van der Waals surface area contributed by atoms with Crippen molar-refractivity contribution in [1.29, 1.82) is 0 Å². The average Bonchev–Trinajstić information content (AvgIpc) is 3.23. The van der Waals surface area contributed by atoms with Crippen LogP contribution in [0.25, 0.3) is 17.4 Å². The lowest BCUT2D eigenvalue weighted by atomic mass is 10.1. The van der Waals surface area contributed by atoms with Crippen LogP contribution in [0.4, 0.5) is 20.2 Å². The van der Waals surface area contributed by atoms with E-state index in [9.17, 15) is 13.6 Å². The van der Waals surface area contributed by atoms with Crippen molar-refractivity contribution in [2.75, 3.05) is 23.3 Å². The van der Waals surface area contributed by atoms with Gasteiger partial charge in [-0.25, -0.2) is 8.78 Å². The lowest BCUT2D eigenvalue weighted by Gasteiger charge is -2.29. The number of rotatable bonds is 5. The first-order valence-corrected chi connectivity index (χ1v) is 9.98. The van der Waals surface area contributed by atoms with Crippen LogP contribution in [0, 0.1) is 11.6 Å². The predicted octanol–water partition coefficient (Wildman–Crippen LogP) is 5.87. The molecule has 0 radical (unpaired) electrons. The number of hydrogen-bond donors (Lipinski definition) is 1. The van der Waals surface area contributed by atoms with E-state index in [-0.39, 0.29) is 17.5 Å². The van der Waals surface area contributed by atoms with Crippen LogP contribution in [0.15, 0.2) is 65.1 Å². The summed E-state index contributed by atoms with van der Waals surface area (Å²) in [4.78, 5) is 14.2. The second kappa shape index (κ2) is 8.95. The van der Waals surface area contributed by atoms with E-state index < -0.39 is 0 Å². The summed E-state index contributed by atoms with van der Waals surface area (Å²) >= 11 is 0. The largest absolute Gasteiger partial charge is 0.457 e. The van der Waals surface area contributed by atoms with Crippen molar-refractivity contribution in [3.05, 3.63) is 78.1 Å². The maximum Gasteiger partial charge on any atom is 0.248 e. The molecule has 154 valence electrons. The predicted molar refractivity (Wildman–Crippen MR) is 114 cm³/mol. The van der Waals surface area contributed by atoms with Crippen LogP contribution in [0.2, 0.25) is 0 Å². The molecular weight excluding hydrogens is 386 g/mol. The number of piperidine rings is 1. The molecule has 0 aliphatic carbocycles. The Kier molecular flexibility index (Phi) is 5.93. The molecule has 30 heavy (non-hydrogen) atoms. The Morgan fingerprint density at radius 2 is 1.73 bits per heavy atom. The van der Waals surface area contributed by atoms with Gasteiger partial charge < -0.3 is 14.6 Å². The highest BCUT2D eigenvalue weighted by Gasteiger charge is 2.15. The Bertz CT molecular complexity index is 1050. The summed E-state index contributed by atoms with van der Waals surface area (Å²) in [5.74, 6) is 0.0116. The van der Waals surface area contributed by atoms with E-state index in [4.69, 9.17) is 4.42 Å². The SMILES string of the molecule is O=C(/C=C/c1ccc(-c2ccc(F)cc2)o1)Nc1ccc(N2CCCCC2)c(F)c1. The summed E-state index contributed by atoms with van der Waals surface area (Å²) in [6.07, 6.45) is 6.17. The van der Waals surface area contributed by atoms with Crippen molar-refractivity contribution in [1.82, 2.24) is 0 Å². The highest BCUT2D eigenvalue weighted by molar-refractivity contribution is 6.01. The van der Waals surface area contributed by atoms with Crippen molar-refractivity contribution in [3.63, 3.8) is 0 Å². The molecule has 6 heteroatoms. The number of nitrogens with zero attached hydrogens (tertiary/aromatic N) is 1. The first-order valence-electron chi connectivity index (χ1n) is 9.98. The van der Waals surface area contributed by atoms with E-state index in [2.05, 4.69) is 5.32 Å². The molecule has 0 spiro atoms. The fourth-order valence-electron chi connectivity index (χ4n) is 3.53. The van der Waals surface area contributed by atoms with Crippen LogP contribution in [0.3, 0.4) is 0 Å². The topological polar surface area (TPSA) is 45.5 Å². The summed E-state index contributed by atoms with van der Waals surface area (Å²) in [5.41, 5.74) is 1.71. The van der Waals surface area contributed by atoms with Gasteiger partial charge in [0.15, 0.2) is 0 Å². The lowest BCUT2D eigenvalue weighted by Crippen LogP contribution is -2.30. The lowest BCUT2D eigenvalue weighted by molar-refractivity contribution is -0.111. The molecule has 1 amide bonds. The quantitative estimate of drug-likeness (QED) is 0.537. The summed E-state index contributed by atoms with van der Waals surface area (Å²) < 4.78 is 33.2. The third-order valence-corrected chi connectivity index (χ3v) is 5.07. The molecule has 3 aromatic rings. The highest BCUT2D eigenvalue weighted by Crippen LogP contribution is 2.26. The van der Waals surface area contributed by atoms with E-state index in [0.717, 1.165) is 31.5 Å². The number of furan rings is 1. The molecule has 1 aromatic heterocycles. The Balaban J connectivity index is 1.38. The van der Waals surface area contributed by atoms with Crippen LogP contribution in [0.1, 0.15) is 25.0 Å². The molecule has 4 nitrogen and oxygen atoms in total. The number of amides is 1. The monoisotopic (exact) mass is 408 g/mol. The fourth-order valence-corrected chi connectivity index (χ4v) is 3.53. The third-order valence-electron chi connectivity index (χ3n) is 5.07. The van der Waals surface area contributed by atoms with Crippen LogP contribution in [-0.4, -0.2) is 19.0 Å². The standard InChI is InChI=1S/C24H22F2N2O2/c25-18-6-4-17(5-7-18)23-12-9-20(30-23)10-13-24(29)27-19-8-11-22(21(26)16-19)28-14-2-1-3-15-28/h4-13,16H,1-3,14-15H2,(H,27,29)/b13-10+. The number of benzene rings is 2. The zero-order chi connectivity index (χ0) is 20.9. The fraction of sp³-hybridized carbons (Fsp3) is 0.208. The van der Waals surface area contributed by atoms with Crippen LogP contribution >= 0.6 is 0 Å². The zero-order valence-corrected chi connectivity index (χ0v) is 16.4. The number of nitrogens with one attached hydrogen (secondary N) is 1. The van der Waals surface area contributed by atoms with Crippen LogP contribution < -0.4 is 10.2 Å². The van der Waals surface area contributed by atoms with Gasteiger partial charge in [0.1, 0.15) is 23.2 Å². The van der Waals surface area contributed by atoms with Gasteiger partial charge in [-0.3, -0.25) is 4.79 Å². The van der Waals surface area contributed by atoms with Gasteiger partial charge in [0, 0.05) is 30.4 Å². The van der Waals surface area contributed by atoms with Crippen molar-refractivity contribution >= 4 is 23.4 Å². The molecule has 0 unspecified atom stereocenters. The molecular formula is C24H22F2N2O2. The maximum absolute atomic E-state index is 14.5. The molecule has 2 aromatic carbocycles. The molecule has 1 fully saturated rings. The van der Waals surface area contributed by atoms with Crippen molar-refractivity contribution in [3.8, 4) is 11.3 Å². The average molecular weight is 408 g/mol. The Hall–Kier alpha value is -3.41. The summed E-state index contributed by atoms with van der Waals surface area (Å²) in [6, 6.07) is 14.2. The number of carbonyl (C=O) groups excluding carboxylic acids is 1. The van der Waals surface area contributed by atoms with Gasteiger partial charge in [-0.1, -0.05) is 0 Å². The van der Waals surface area contributed by atoms with Crippen molar-refractivity contribution in [2.45, 2.75) is 19.3 Å². The van der Waals surface area contributed by atoms with Gasteiger partial charge in [0.05, 0.1) is 5.69 Å². The second-order valence-corrected chi connectivity index (χ2v) is 7.25. The first-order chi connectivity index (χ1) is 14.6. The number of anilines is 2. The molecule has 4 rings (SSSR count). The van der Waals surface area contributed by atoms with Crippen molar-refractivity contribution in [2.24, 2.45) is 0 Å². The molecule has 0 bridgehead atoms. The van der Waals surface area contributed by atoms with Gasteiger partial charge in [-0.05, 0) is 79.9 Å². The summed E-state index contributed by atoms with van der Waals surface area (Å²) in [5, 5.41) is 2.66. The Labute approximate surface area is 173 Å². The van der Waals surface area contributed by atoms with Gasteiger partial charge >= 0.3 is 0 Å². The number of hydrogen-bond acceptors (Lipinski definition) is 3. The van der Waals surface area contributed by atoms with Gasteiger partial charge in [-0.15, -0.1) is 0 Å². The third kappa shape index (κ3) is 4.76. The molecule has 0 saturated carbocycles. The van der Waals surface area contributed by atoms with Gasteiger partial charge in [-0.2, -0.15) is 0 Å². The molecule has 1 aliphatic rings. The normalized spacial score (nSPS) is 14.3. The van der Waals surface area contributed by atoms with Gasteiger partial charge in [0.25, 0.3) is 0 Å². The summed E-state index contributed by atoms with van der Waals surface area (Å²) in [7, 11) is 0.